The molecule has 2 atom stereocenters. The SMILES string of the molecule is COc1ccc(-c2cc(N[C@H]3CCOC[C@@H]3O)c3nncn3n2)cc1. The predicted molar refractivity (Wildman–Crippen MR) is 91.6 cm³/mol. The fraction of sp³-hybridized carbons (Fsp3) is 0.353. The summed E-state index contributed by atoms with van der Waals surface area (Å²) in [5.74, 6) is 0.790. The molecule has 25 heavy (non-hydrogen) atoms. The Kier molecular flexibility index (Phi) is 4.21. The highest BCUT2D eigenvalue weighted by atomic mass is 16.5. The summed E-state index contributed by atoms with van der Waals surface area (Å²) in [5.41, 5.74) is 3.13. The van der Waals surface area contributed by atoms with Crippen LogP contribution >= 0.6 is 0 Å². The maximum Gasteiger partial charge on any atom is 0.200 e. The van der Waals surface area contributed by atoms with Crippen molar-refractivity contribution in [3.63, 3.8) is 0 Å². The van der Waals surface area contributed by atoms with Crippen molar-refractivity contribution in [3.05, 3.63) is 36.7 Å². The highest BCUT2D eigenvalue weighted by Crippen LogP contribution is 2.26. The van der Waals surface area contributed by atoms with Crippen molar-refractivity contribution in [2.75, 3.05) is 25.6 Å². The summed E-state index contributed by atoms with van der Waals surface area (Å²) >= 11 is 0. The molecule has 0 saturated carbocycles. The first-order chi connectivity index (χ1) is 12.2. The van der Waals surface area contributed by atoms with Gasteiger partial charge in [0.05, 0.1) is 37.2 Å². The number of rotatable bonds is 4. The molecule has 8 nitrogen and oxygen atoms in total. The first-order valence-corrected chi connectivity index (χ1v) is 8.12. The fourth-order valence-corrected chi connectivity index (χ4v) is 2.93. The average molecular weight is 341 g/mol. The Morgan fingerprint density at radius 2 is 2.16 bits per heavy atom. The van der Waals surface area contributed by atoms with Gasteiger partial charge in [0.15, 0.2) is 0 Å². The normalized spacial score (nSPS) is 20.6. The molecular weight excluding hydrogens is 322 g/mol. The summed E-state index contributed by atoms with van der Waals surface area (Å²) < 4.78 is 12.1. The fourth-order valence-electron chi connectivity index (χ4n) is 2.93. The van der Waals surface area contributed by atoms with Gasteiger partial charge in [0.2, 0.25) is 5.65 Å². The van der Waals surface area contributed by atoms with Crippen molar-refractivity contribution in [2.45, 2.75) is 18.6 Å². The van der Waals surface area contributed by atoms with E-state index in [0.717, 1.165) is 29.1 Å². The van der Waals surface area contributed by atoms with Gasteiger partial charge in [-0.25, -0.2) is 0 Å². The zero-order valence-corrected chi connectivity index (χ0v) is 13.8. The molecule has 0 aliphatic carbocycles. The van der Waals surface area contributed by atoms with Crippen LogP contribution in [0.15, 0.2) is 36.7 Å². The molecule has 3 heterocycles. The van der Waals surface area contributed by atoms with Gasteiger partial charge in [0.1, 0.15) is 12.1 Å². The predicted octanol–water partition coefficient (Wildman–Crippen LogP) is 1.36. The Bertz CT molecular complexity index is 864. The largest absolute Gasteiger partial charge is 0.497 e. The van der Waals surface area contributed by atoms with Gasteiger partial charge in [-0.15, -0.1) is 10.2 Å². The number of aliphatic hydroxyl groups is 1. The Labute approximate surface area is 144 Å². The van der Waals surface area contributed by atoms with E-state index >= 15 is 0 Å². The van der Waals surface area contributed by atoms with Crippen LogP contribution in [0.1, 0.15) is 6.42 Å². The highest BCUT2D eigenvalue weighted by molar-refractivity contribution is 5.73. The number of hydrogen-bond donors (Lipinski definition) is 2. The number of nitrogens with zero attached hydrogens (tertiary/aromatic N) is 4. The molecule has 0 bridgehead atoms. The highest BCUT2D eigenvalue weighted by Gasteiger charge is 2.24. The van der Waals surface area contributed by atoms with Crippen LogP contribution in [0.3, 0.4) is 0 Å². The molecule has 4 rings (SSSR count). The van der Waals surface area contributed by atoms with E-state index in [4.69, 9.17) is 9.47 Å². The van der Waals surface area contributed by atoms with Gasteiger partial charge in [-0.2, -0.15) is 9.61 Å². The summed E-state index contributed by atoms with van der Waals surface area (Å²) in [6.07, 6.45) is 1.73. The average Bonchev–Trinajstić information content (AvgIpc) is 3.12. The molecular formula is C17H19N5O3. The third kappa shape index (κ3) is 3.13. The van der Waals surface area contributed by atoms with Crippen LogP contribution in [0.4, 0.5) is 5.69 Å². The van der Waals surface area contributed by atoms with E-state index in [2.05, 4.69) is 20.6 Å². The number of hydrogen-bond acceptors (Lipinski definition) is 7. The number of nitrogens with one attached hydrogen (secondary N) is 1. The van der Waals surface area contributed by atoms with E-state index in [1.165, 1.54) is 0 Å². The first kappa shape index (κ1) is 15.8. The van der Waals surface area contributed by atoms with Gasteiger partial charge in [0.25, 0.3) is 0 Å². The number of ether oxygens (including phenoxy) is 2. The van der Waals surface area contributed by atoms with Gasteiger partial charge >= 0.3 is 0 Å². The second kappa shape index (κ2) is 6.66. The molecule has 130 valence electrons. The van der Waals surface area contributed by atoms with Crippen molar-refractivity contribution < 1.29 is 14.6 Å². The van der Waals surface area contributed by atoms with E-state index in [-0.39, 0.29) is 6.04 Å². The Morgan fingerprint density at radius 3 is 2.92 bits per heavy atom. The zero-order valence-electron chi connectivity index (χ0n) is 13.8. The van der Waals surface area contributed by atoms with Crippen LogP contribution in [0.2, 0.25) is 0 Å². The summed E-state index contributed by atoms with van der Waals surface area (Å²) in [6.45, 7) is 0.950. The standard InChI is InChI=1S/C17H19N5O3/c1-24-12-4-2-11(3-5-12)14-8-15(17-20-18-10-22(17)21-14)19-13-6-7-25-9-16(13)23/h2-5,8,10,13,16,19,23H,6-7,9H2,1H3/t13-,16-/m0/s1. The third-order valence-corrected chi connectivity index (χ3v) is 4.32. The molecule has 2 N–H and O–H groups in total. The van der Waals surface area contributed by atoms with E-state index in [0.29, 0.717) is 18.9 Å². The number of methoxy groups -OCH3 is 1. The summed E-state index contributed by atoms with van der Waals surface area (Å²) in [5, 5.41) is 26.1. The van der Waals surface area contributed by atoms with Gasteiger partial charge < -0.3 is 19.9 Å². The lowest BCUT2D eigenvalue weighted by atomic mass is 10.1. The van der Waals surface area contributed by atoms with Crippen LogP contribution in [-0.4, -0.2) is 57.4 Å². The molecule has 2 aromatic heterocycles. The van der Waals surface area contributed by atoms with Crippen LogP contribution < -0.4 is 10.1 Å². The second-order valence-corrected chi connectivity index (χ2v) is 5.95. The molecule has 0 spiro atoms. The lowest BCUT2D eigenvalue weighted by Crippen LogP contribution is -2.42. The Balaban J connectivity index is 1.71. The quantitative estimate of drug-likeness (QED) is 0.740. The van der Waals surface area contributed by atoms with Crippen molar-refractivity contribution in [1.82, 2.24) is 19.8 Å². The molecule has 1 aliphatic rings. The summed E-state index contributed by atoms with van der Waals surface area (Å²) in [6, 6.07) is 9.51. The molecule has 1 aromatic carbocycles. The van der Waals surface area contributed by atoms with Gasteiger partial charge in [-0.3, -0.25) is 0 Å². The molecule has 1 fully saturated rings. The van der Waals surface area contributed by atoms with Crippen LogP contribution in [0.25, 0.3) is 16.9 Å². The third-order valence-electron chi connectivity index (χ3n) is 4.32. The van der Waals surface area contributed by atoms with E-state index in [9.17, 15) is 5.11 Å². The minimum absolute atomic E-state index is 0.0969. The first-order valence-electron chi connectivity index (χ1n) is 8.12. The lowest BCUT2D eigenvalue weighted by molar-refractivity contribution is -0.0134. The topological polar surface area (TPSA) is 93.8 Å². The minimum atomic E-state index is -0.561. The maximum absolute atomic E-state index is 10.1. The Morgan fingerprint density at radius 1 is 1.32 bits per heavy atom. The van der Waals surface area contributed by atoms with E-state index in [1.54, 1.807) is 18.0 Å². The van der Waals surface area contributed by atoms with Crippen molar-refractivity contribution >= 4 is 11.3 Å². The Hall–Kier alpha value is -2.71. The molecule has 0 unspecified atom stereocenters. The molecule has 1 saturated heterocycles. The number of aromatic nitrogens is 4. The molecule has 1 aliphatic heterocycles. The number of anilines is 1. The summed E-state index contributed by atoms with van der Waals surface area (Å²) in [4.78, 5) is 0. The lowest BCUT2D eigenvalue weighted by Gasteiger charge is -2.29. The van der Waals surface area contributed by atoms with E-state index in [1.807, 2.05) is 30.3 Å². The molecule has 0 amide bonds. The van der Waals surface area contributed by atoms with Gasteiger partial charge in [-0.1, -0.05) is 0 Å². The maximum atomic E-state index is 10.1. The van der Waals surface area contributed by atoms with Crippen molar-refractivity contribution in [2.24, 2.45) is 0 Å². The van der Waals surface area contributed by atoms with Gasteiger partial charge in [0, 0.05) is 12.2 Å². The van der Waals surface area contributed by atoms with Gasteiger partial charge in [-0.05, 0) is 36.8 Å². The van der Waals surface area contributed by atoms with Crippen LogP contribution in [0, 0.1) is 0 Å². The zero-order chi connectivity index (χ0) is 17.2. The summed E-state index contributed by atoms with van der Waals surface area (Å²) in [7, 11) is 1.64. The monoisotopic (exact) mass is 341 g/mol. The smallest absolute Gasteiger partial charge is 0.200 e. The molecule has 3 aromatic rings. The number of aliphatic hydroxyl groups excluding tert-OH is 1. The number of fused-ring (bicyclic) bond motifs is 1. The second-order valence-electron chi connectivity index (χ2n) is 5.95. The van der Waals surface area contributed by atoms with Crippen molar-refractivity contribution in [3.8, 4) is 17.0 Å². The molecule has 8 heteroatoms. The number of benzene rings is 1. The molecule has 0 radical (unpaired) electrons. The van der Waals surface area contributed by atoms with Crippen molar-refractivity contribution in [1.29, 1.82) is 0 Å². The van der Waals surface area contributed by atoms with E-state index < -0.39 is 6.10 Å². The van der Waals surface area contributed by atoms with Crippen LogP contribution in [-0.2, 0) is 4.74 Å². The van der Waals surface area contributed by atoms with Crippen LogP contribution in [0.5, 0.6) is 5.75 Å². The minimum Gasteiger partial charge on any atom is -0.497 e.